The van der Waals surface area contributed by atoms with E-state index < -0.39 is 17.4 Å². The third kappa shape index (κ3) is 2.45. The molecule has 20 heavy (non-hydrogen) atoms. The Morgan fingerprint density at radius 3 is 1.70 bits per heavy atom. The molecule has 0 saturated heterocycles. The molecule has 0 bridgehead atoms. The fraction of sp³-hybridized carbons (Fsp3) is 0.235. The number of ether oxygens (including phenoxy) is 1. The molecule has 0 aliphatic rings. The second kappa shape index (κ2) is 5.88. The van der Waals surface area contributed by atoms with Crippen molar-refractivity contribution in [2.24, 2.45) is 5.73 Å². The highest BCUT2D eigenvalue weighted by Crippen LogP contribution is 2.36. The van der Waals surface area contributed by atoms with Gasteiger partial charge in [-0.05, 0) is 18.1 Å². The Kier molecular flexibility index (Phi) is 4.20. The van der Waals surface area contributed by atoms with E-state index in [4.69, 9.17) is 10.5 Å². The van der Waals surface area contributed by atoms with Crippen molar-refractivity contribution in [2.75, 3.05) is 7.11 Å². The average molecular weight is 269 g/mol. The molecule has 0 fully saturated rings. The van der Waals surface area contributed by atoms with E-state index in [0.717, 1.165) is 11.1 Å². The highest BCUT2D eigenvalue weighted by Gasteiger charge is 2.41. The van der Waals surface area contributed by atoms with E-state index in [9.17, 15) is 4.79 Å². The van der Waals surface area contributed by atoms with Crippen LogP contribution in [0.4, 0.5) is 0 Å². The average Bonchev–Trinajstić information content (AvgIpc) is 2.49. The summed E-state index contributed by atoms with van der Waals surface area (Å²) in [4.78, 5) is 11.8. The summed E-state index contributed by atoms with van der Waals surface area (Å²) in [5, 5.41) is 0. The van der Waals surface area contributed by atoms with Gasteiger partial charge in [0, 0.05) is 7.11 Å². The van der Waals surface area contributed by atoms with Gasteiger partial charge in [0.2, 0.25) is 5.91 Å². The van der Waals surface area contributed by atoms with Crippen LogP contribution in [0, 0.1) is 0 Å². The number of nitrogens with two attached hydrogens (primary N) is 1. The van der Waals surface area contributed by atoms with Gasteiger partial charge >= 0.3 is 0 Å². The molecule has 0 radical (unpaired) electrons. The van der Waals surface area contributed by atoms with Gasteiger partial charge in [0.25, 0.3) is 0 Å². The topological polar surface area (TPSA) is 52.3 Å². The smallest absolute Gasteiger partial charge is 0.247 e. The number of primary amides is 1. The van der Waals surface area contributed by atoms with E-state index in [1.807, 2.05) is 67.6 Å². The van der Waals surface area contributed by atoms with Crippen LogP contribution in [0.5, 0.6) is 0 Å². The van der Waals surface area contributed by atoms with Gasteiger partial charge < -0.3 is 10.5 Å². The zero-order chi connectivity index (χ0) is 14.6. The normalized spacial score (nSPS) is 12.9. The first-order chi connectivity index (χ1) is 9.60. The molecule has 1 atom stereocenters. The molecular formula is C17H19NO2. The quantitative estimate of drug-likeness (QED) is 0.906. The first-order valence-corrected chi connectivity index (χ1v) is 6.54. The number of rotatable bonds is 5. The van der Waals surface area contributed by atoms with Crippen LogP contribution >= 0.6 is 0 Å². The summed E-state index contributed by atoms with van der Waals surface area (Å²) >= 11 is 0. The molecule has 0 aromatic heterocycles. The fourth-order valence-electron chi connectivity index (χ4n) is 2.67. The van der Waals surface area contributed by atoms with Crippen molar-refractivity contribution in [3.8, 4) is 0 Å². The molecule has 1 amide bonds. The van der Waals surface area contributed by atoms with Crippen LogP contribution in [-0.4, -0.2) is 19.1 Å². The Labute approximate surface area is 119 Å². The molecule has 2 rings (SSSR count). The van der Waals surface area contributed by atoms with Gasteiger partial charge in [-0.3, -0.25) is 4.79 Å². The second-order valence-electron chi connectivity index (χ2n) is 4.95. The molecule has 2 aromatic carbocycles. The summed E-state index contributed by atoms with van der Waals surface area (Å²) in [5.41, 5.74) is 6.92. The van der Waals surface area contributed by atoms with Crippen LogP contribution in [0.15, 0.2) is 60.7 Å². The fourth-order valence-corrected chi connectivity index (χ4v) is 2.67. The summed E-state index contributed by atoms with van der Waals surface area (Å²) in [7, 11) is 1.51. The lowest BCUT2D eigenvalue weighted by atomic mass is 9.71. The van der Waals surface area contributed by atoms with Crippen molar-refractivity contribution < 1.29 is 9.53 Å². The predicted octanol–water partition coefficient (Wildman–Crippen LogP) is 2.49. The molecule has 3 heteroatoms. The summed E-state index contributed by atoms with van der Waals surface area (Å²) < 4.78 is 5.41. The molecule has 0 aliphatic carbocycles. The number of carbonyl (C=O) groups is 1. The van der Waals surface area contributed by atoms with Crippen molar-refractivity contribution in [1.29, 1.82) is 0 Å². The number of methoxy groups -OCH3 is 1. The lowest BCUT2D eigenvalue weighted by Crippen LogP contribution is -2.47. The zero-order valence-corrected chi connectivity index (χ0v) is 11.7. The number of hydrogen-bond donors (Lipinski definition) is 1. The van der Waals surface area contributed by atoms with E-state index in [1.54, 1.807) is 0 Å². The van der Waals surface area contributed by atoms with Gasteiger partial charge in [0.15, 0.2) is 0 Å². The minimum absolute atomic E-state index is 0.470. The van der Waals surface area contributed by atoms with Crippen LogP contribution in [-0.2, 0) is 14.9 Å². The van der Waals surface area contributed by atoms with Crippen LogP contribution in [0.25, 0.3) is 0 Å². The van der Waals surface area contributed by atoms with E-state index >= 15 is 0 Å². The largest absolute Gasteiger partial charge is 0.370 e. The first-order valence-electron chi connectivity index (χ1n) is 6.54. The minimum Gasteiger partial charge on any atom is -0.370 e. The molecule has 1 unspecified atom stereocenters. The maximum Gasteiger partial charge on any atom is 0.247 e. The van der Waals surface area contributed by atoms with Gasteiger partial charge in [0.05, 0.1) is 5.41 Å². The second-order valence-corrected chi connectivity index (χ2v) is 4.95. The summed E-state index contributed by atoms with van der Waals surface area (Å²) in [6, 6.07) is 19.6. The SMILES string of the molecule is COC(C(N)=O)C(C)(c1ccccc1)c1ccccc1. The Hall–Kier alpha value is -2.13. The first kappa shape index (κ1) is 14.3. The van der Waals surface area contributed by atoms with Gasteiger partial charge in [-0.2, -0.15) is 0 Å². The molecule has 0 spiro atoms. The van der Waals surface area contributed by atoms with E-state index in [-0.39, 0.29) is 0 Å². The molecule has 0 aliphatic heterocycles. The Bertz CT molecular complexity index is 527. The summed E-state index contributed by atoms with van der Waals surface area (Å²) in [6.45, 7) is 1.98. The van der Waals surface area contributed by atoms with Crippen LogP contribution in [0.3, 0.4) is 0 Å². The Morgan fingerprint density at radius 2 is 1.40 bits per heavy atom. The van der Waals surface area contributed by atoms with Gasteiger partial charge in [-0.15, -0.1) is 0 Å². The van der Waals surface area contributed by atoms with E-state index in [0.29, 0.717) is 0 Å². The maximum absolute atomic E-state index is 11.8. The molecule has 2 aromatic rings. The number of carbonyl (C=O) groups excluding carboxylic acids is 1. The highest BCUT2D eigenvalue weighted by molar-refractivity contribution is 5.82. The van der Waals surface area contributed by atoms with Gasteiger partial charge in [-0.1, -0.05) is 60.7 Å². The van der Waals surface area contributed by atoms with Crippen LogP contribution in [0.2, 0.25) is 0 Å². The molecule has 0 saturated carbocycles. The lowest BCUT2D eigenvalue weighted by Gasteiger charge is -2.36. The third-order valence-corrected chi connectivity index (χ3v) is 3.77. The summed E-state index contributed by atoms with van der Waals surface area (Å²) in [5.74, 6) is -0.470. The van der Waals surface area contributed by atoms with Crippen LogP contribution < -0.4 is 5.73 Å². The van der Waals surface area contributed by atoms with Crippen LogP contribution in [0.1, 0.15) is 18.1 Å². The summed E-state index contributed by atoms with van der Waals surface area (Å²) in [6.07, 6.45) is -0.729. The Morgan fingerprint density at radius 1 is 1.00 bits per heavy atom. The highest BCUT2D eigenvalue weighted by atomic mass is 16.5. The van der Waals surface area contributed by atoms with Gasteiger partial charge in [-0.25, -0.2) is 0 Å². The molecule has 3 nitrogen and oxygen atoms in total. The molecule has 104 valence electrons. The van der Waals surface area contributed by atoms with E-state index in [2.05, 4.69) is 0 Å². The standard InChI is InChI=1S/C17H19NO2/c1-17(15(20-2)16(18)19,13-9-5-3-6-10-13)14-11-7-4-8-12-14/h3-12,15H,1-2H3,(H2,18,19). The van der Waals surface area contributed by atoms with Crippen molar-refractivity contribution in [1.82, 2.24) is 0 Å². The lowest BCUT2D eigenvalue weighted by molar-refractivity contribution is -0.130. The molecule has 2 N–H and O–H groups in total. The molecule has 0 heterocycles. The van der Waals surface area contributed by atoms with E-state index in [1.165, 1.54) is 7.11 Å². The predicted molar refractivity (Wildman–Crippen MR) is 79.3 cm³/mol. The van der Waals surface area contributed by atoms with Gasteiger partial charge in [0.1, 0.15) is 6.10 Å². The maximum atomic E-state index is 11.8. The number of benzene rings is 2. The third-order valence-electron chi connectivity index (χ3n) is 3.77. The number of hydrogen-bond acceptors (Lipinski definition) is 2. The Balaban J connectivity index is 2.63. The molecular weight excluding hydrogens is 250 g/mol. The zero-order valence-electron chi connectivity index (χ0n) is 11.7. The van der Waals surface area contributed by atoms with Crippen molar-refractivity contribution in [2.45, 2.75) is 18.4 Å². The minimum atomic E-state index is -0.729. The van der Waals surface area contributed by atoms with Crippen molar-refractivity contribution in [3.63, 3.8) is 0 Å². The monoisotopic (exact) mass is 269 g/mol. The van der Waals surface area contributed by atoms with Crippen molar-refractivity contribution >= 4 is 5.91 Å². The number of amides is 1. The van der Waals surface area contributed by atoms with Crippen molar-refractivity contribution in [3.05, 3.63) is 71.8 Å².